The lowest BCUT2D eigenvalue weighted by Crippen LogP contribution is -2.35. The second kappa shape index (κ2) is 3.34. The van der Waals surface area contributed by atoms with Gasteiger partial charge in [0.15, 0.2) is 5.60 Å². The van der Waals surface area contributed by atoms with E-state index in [0.29, 0.717) is 18.6 Å². The van der Waals surface area contributed by atoms with Crippen LogP contribution in [0.5, 0.6) is 0 Å². The molecule has 5 nitrogen and oxygen atoms in total. The van der Waals surface area contributed by atoms with Crippen molar-refractivity contribution in [2.45, 2.75) is 25.4 Å². The van der Waals surface area contributed by atoms with Crippen molar-refractivity contribution < 1.29 is 14.6 Å². The average molecular weight is 210 g/mol. The number of carbonyl (C=O) groups is 1. The van der Waals surface area contributed by atoms with Crippen LogP contribution in [0.25, 0.3) is 0 Å². The molecule has 1 atom stereocenters. The summed E-state index contributed by atoms with van der Waals surface area (Å²) in [5, 5.41) is 13.4. The third-order valence-corrected chi connectivity index (χ3v) is 2.82. The summed E-state index contributed by atoms with van der Waals surface area (Å²) in [7, 11) is 1.78. The van der Waals surface area contributed by atoms with E-state index in [1.54, 1.807) is 17.9 Å². The summed E-state index contributed by atoms with van der Waals surface area (Å²) in [6, 6.07) is 0. The van der Waals surface area contributed by atoms with Crippen molar-refractivity contribution in [2.75, 3.05) is 6.61 Å². The number of rotatable bonds is 2. The van der Waals surface area contributed by atoms with Gasteiger partial charge < -0.3 is 9.84 Å². The number of nitrogens with zero attached hydrogens (tertiary/aromatic N) is 2. The molecular weight excluding hydrogens is 196 g/mol. The molecule has 1 aromatic heterocycles. The molecule has 0 saturated carbocycles. The zero-order valence-corrected chi connectivity index (χ0v) is 8.86. The molecule has 2 heterocycles. The molecule has 0 aromatic carbocycles. The van der Waals surface area contributed by atoms with Gasteiger partial charge in [0.25, 0.3) is 0 Å². The van der Waals surface area contributed by atoms with E-state index in [0.717, 1.165) is 12.1 Å². The largest absolute Gasteiger partial charge is 0.479 e. The van der Waals surface area contributed by atoms with E-state index >= 15 is 0 Å². The SMILES string of the molecule is Cc1nn(C)cc1C1(C(=O)O)CCCO1. The van der Waals surface area contributed by atoms with Gasteiger partial charge in [0, 0.05) is 25.4 Å². The second-order valence-corrected chi connectivity index (χ2v) is 3.89. The first-order chi connectivity index (χ1) is 7.06. The van der Waals surface area contributed by atoms with Crippen molar-refractivity contribution in [1.82, 2.24) is 9.78 Å². The molecule has 5 heteroatoms. The highest BCUT2D eigenvalue weighted by molar-refractivity contribution is 5.80. The number of carboxylic acids is 1. The fraction of sp³-hybridized carbons (Fsp3) is 0.600. The zero-order valence-electron chi connectivity index (χ0n) is 8.86. The maximum Gasteiger partial charge on any atom is 0.340 e. The molecule has 1 fully saturated rings. The van der Waals surface area contributed by atoms with Crippen molar-refractivity contribution in [3.8, 4) is 0 Å². The van der Waals surface area contributed by atoms with Crippen molar-refractivity contribution in [2.24, 2.45) is 7.05 Å². The van der Waals surface area contributed by atoms with Gasteiger partial charge in [0.05, 0.1) is 5.69 Å². The Labute approximate surface area is 87.7 Å². The van der Waals surface area contributed by atoms with Crippen molar-refractivity contribution in [1.29, 1.82) is 0 Å². The lowest BCUT2D eigenvalue weighted by Gasteiger charge is -2.22. The maximum absolute atomic E-state index is 11.3. The molecule has 1 N–H and O–H groups in total. The number of aliphatic carboxylic acids is 1. The Kier molecular flexibility index (Phi) is 2.26. The molecule has 82 valence electrons. The Morgan fingerprint density at radius 3 is 2.87 bits per heavy atom. The zero-order chi connectivity index (χ0) is 11.1. The molecule has 1 aliphatic rings. The molecule has 1 unspecified atom stereocenters. The lowest BCUT2D eigenvalue weighted by molar-refractivity contribution is -0.161. The van der Waals surface area contributed by atoms with E-state index < -0.39 is 11.6 Å². The van der Waals surface area contributed by atoms with Crippen LogP contribution in [-0.2, 0) is 22.2 Å². The molecule has 0 aliphatic carbocycles. The third-order valence-electron chi connectivity index (χ3n) is 2.82. The molecule has 0 amide bonds. The first-order valence-electron chi connectivity index (χ1n) is 4.94. The van der Waals surface area contributed by atoms with Crippen LogP contribution in [0.4, 0.5) is 0 Å². The van der Waals surface area contributed by atoms with Crippen LogP contribution in [0, 0.1) is 6.92 Å². The van der Waals surface area contributed by atoms with E-state index in [9.17, 15) is 9.90 Å². The molecule has 1 aromatic rings. The molecule has 15 heavy (non-hydrogen) atoms. The average Bonchev–Trinajstić information content (AvgIpc) is 2.72. The van der Waals surface area contributed by atoms with Crippen molar-refractivity contribution in [3.05, 3.63) is 17.5 Å². The number of aryl methyl sites for hydroxylation is 2. The summed E-state index contributed by atoms with van der Waals surface area (Å²) in [4.78, 5) is 11.3. The first kappa shape index (κ1) is 10.2. The lowest BCUT2D eigenvalue weighted by atomic mass is 9.91. The summed E-state index contributed by atoms with van der Waals surface area (Å²) in [5.41, 5.74) is 0.232. The van der Waals surface area contributed by atoms with Crippen LogP contribution < -0.4 is 0 Å². The number of carboxylic acid groups (broad SMARTS) is 1. The Morgan fingerprint density at radius 2 is 2.47 bits per heavy atom. The first-order valence-corrected chi connectivity index (χ1v) is 4.94. The summed E-state index contributed by atoms with van der Waals surface area (Å²) < 4.78 is 7.05. The quantitative estimate of drug-likeness (QED) is 0.784. The Bertz CT molecular complexity index is 391. The molecule has 1 aliphatic heterocycles. The Hall–Kier alpha value is -1.36. The summed E-state index contributed by atoms with van der Waals surface area (Å²) in [6.07, 6.45) is 3.03. The maximum atomic E-state index is 11.3. The van der Waals surface area contributed by atoms with Gasteiger partial charge >= 0.3 is 5.97 Å². The predicted octanol–water partition coefficient (Wildman–Crippen LogP) is 0.819. The molecular formula is C10H14N2O3. The van der Waals surface area contributed by atoms with Crippen LogP contribution in [0.2, 0.25) is 0 Å². The van der Waals surface area contributed by atoms with Crippen molar-refractivity contribution >= 4 is 5.97 Å². The number of hydrogen-bond acceptors (Lipinski definition) is 3. The summed E-state index contributed by atoms with van der Waals surface area (Å²) in [5.74, 6) is -0.920. The standard InChI is InChI=1S/C10H14N2O3/c1-7-8(6-12(2)11-7)10(9(13)14)4-3-5-15-10/h6H,3-5H2,1-2H3,(H,13,14). The van der Waals surface area contributed by atoms with Gasteiger partial charge in [-0.25, -0.2) is 4.79 Å². The minimum absolute atomic E-state index is 0.501. The van der Waals surface area contributed by atoms with E-state index in [1.807, 2.05) is 6.92 Å². The van der Waals surface area contributed by atoms with E-state index in [1.165, 1.54) is 0 Å². The van der Waals surface area contributed by atoms with Crippen LogP contribution in [0.3, 0.4) is 0 Å². The number of hydrogen-bond donors (Lipinski definition) is 1. The highest BCUT2D eigenvalue weighted by Gasteiger charge is 2.46. The van der Waals surface area contributed by atoms with Gasteiger partial charge in [-0.1, -0.05) is 0 Å². The Morgan fingerprint density at radius 1 is 1.73 bits per heavy atom. The monoisotopic (exact) mass is 210 g/mol. The van der Waals surface area contributed by atoms with Gasteiger partial charge in [-0.05, 0) is 19.8 Å². The van der Waals surface area contributed by atoms with Crippen LogP contribution in [0.15, 0.2) is 6.20 Å². The third kappa shape index (κ3) is 1.43. The normalized spacial score (nSPS) is 25.7. The fourth-order valence-corrected chi connectivity index (χ4v) is 2.13. The van der Waals surface area contributed by atoms with Crippen LogP contribution >= 0.6 is 0 Å². The van der Waals surface area contributed by atoms with E-state index in [-0.39, 0.29) is 0 Å². The second-order valence-electron chi connectivity index (χ2n) is 3.89. The van der Waals surface area contributed by atoms with E-state index in [4.69, 9.17) is 4.74 Å². The van der Waals surface area contributed by atoms with Gasteiger partial charge in [0.1, 0.15) is 0 Å². The Balaban J connectivity index is 2.49. The molecule has 0 radical (unpaired) electrons. The van der Waals surface area contributed by atoms with Crippen LogP contribution in [-0.4, -0.2) is 27.5 Å². The minimum atomic E-state index is -1.17. The van der Waals surface area contributed by atoms with Crippen LogP contribution in [0.1, 0.15) is 24.1 Å². The van der Waals surface area contributed by atoms with Gasteiger partial charge in [-0.3, -0.25) is 4.68 Å². The molecule has 0 bridgehead atoms. The summed E-state index contributed by atoms with van der Waals surface area (Å²) in [6.45, 7) is 2.31. The summed E-state index contributed by atoms with van der Waals surface area (Å²) >= 11 is 0. The minimum Gasteiger partial charge on any atom is -0.479 e. The molecule has 0 spiro atoms. The highest BCUT2D eigenvalue weighted by Crippen LogP contribution is 2.37. The highest BCUT2D eigenvalue weighted by atomic mass is 16.5. The van der Waals surface area contributed by atoms with Gasteiger partial charge in [0.2, 0.25) is 0 Å². The molecule has 2 rings (SSSR count). The van der Waals surface area contributed by atoms with Gasteiger partial charge in [-0.2, -0.15) is 5.10 Å². The number of ether oxygens (including phenoxy) is 1. The smallest absolute Gasteiger partial charge is 0.340 e. The topological polar surface area (TPSA) is 64.4 Å². The number of aromatic nitrogens is 2. The van der Waals surface area contributed by atoms with E-state index in [2.05, 4.69) is 5.10 Å². The van der Waals surface area contributed by atoms with Crippen molar-refractivity contribution in [3.63, 3.8) is 0 Å². The fourth-order valence-electron chi connectivity index (χ4n) is 2.13. The molecule has 1 saturated heterocycles. The predicted molar refractivity (Wildman–Crippen MR) is 52.4 cm³/mol. The van der Waals surface area contributed by atoms with Gasteiger partial charge in [-0.15, -0.1) is 0 Å².